The Kier molecular flexibility index (Phi) is 2.41. The zero-order chi connectivity index (χ0) is 12.8. The molecule has 1 aliphatic heterocycles. The summed E-state index contributed by atoms with van der Waals surface area (Å²) in [4.78, 5) is 3.82. The van der Waals surface area contributed by atoms with Crippen molar-refractivity contribution in [3.8, 4) is 0 Å². The number of halogens is 2. The molecule has 0 radical (unpaired) electrons. The first-order chi connectivity index (χ1) is 8.63. The summed E-state index contributed by atoms with van der Waals surface area (Å²) in [5.74, 6) is -1.73. The van der Waals surface area contributed by atoms with Crippen molar-refractivity contribution < 1.29 is 13.5 Å². The van der Waals surface area contributed by atoms with Gasteiger partial charge in [-0.25, -0.2) is 18.4 Å². The lowest BCUT2D eigenvalue weighted by Crippen LogP contribution is -2.22. The third-order valence-electron chi connectivity index (χ3n) is 3.26. The SMILES string of the molecule is C[C@@H]1O[C@@]1(Cn1cncn1)c1cccc(F)c1F. The van der Waals surface area contributed by atoms with Crippen LogP contribution in [-0.2, 0) is 16.9 Å². The molecule has 0 aliphatic carbocycles. The Labute approximate surface area is 102 Å². The number of nitrogens with zero attached hydrogens (tertiary/aromatic N) is 3. The van der Waals surface area contributed by atoms with E-state index in [1.807, 2.05) is 6.92 Å². The van der Waals surface area contributed by atoms with Crippen LogP contribution in [0, 0.1) is 11.6 Å². The molecule has 2 heterocycles. The Hall–Kier alpha value is -1.82. The molecule has 3 rings (SSSR count). The summed E-state index contributed by atoms with van der Waals surface area (Å²) in [6.07, 6.45) is 2.73. The van der Waals surface area contributed by atoms with Crippen LogP contribution in [0.2, 0.25) is 0 Å². The number of benzene rings is 1. The van der Waals surface area contributed by atoms with Crippen molar-refractivity contribution in [1.29, 1.82) is 0 Å². The molecule has 6 heteroatoms. The molecular formula is C12H11F2N3O. The first-order valence-corrected chi connectivity index (χ1v) is 5.58. The van der Waals surface area contributed by atoms with E-state index in [9.17, 15) is 8.78 Å². The van der Waals surface area contributed by atoms with E-state index in [0.29, 0.717) is 6.54 Å². The minimum Gasteiger partial charge on any atom is -0.359 e. The topological polar surface area (TPSA) is 43.2 Å². The molecule has 1 fully saturated rings. The maximum Gasteiger partial charge on any atom is 0.165 e. The predicted octanol–water partition coefficient (Wildman–Crippen LogP) is 1.87. The quantitative estimate of drug-likeness (QED) is 0.782. The Morgan fingerprint density at radius 1 is 1.44 bits per heavy atom. The summed E-state index contributed by atoms with van der Waals surface area (Å²) in [6.45, 7) is 2.13. The number of ether oxygens (including phenoxy) is 1. The van der Waals surface area contributed by atoms with Crippen molar-refractivity contribution in [3.63, 3.8) is 0 Å². The average molecular weight is 251 g/mol. The molecule has 0 amide bonds. The van der Waals surface area contributed by atoms with Gasteiger partial charge in [-0.2, -0.15) is 5.10 Å². The van der Waals surface area contributed by atoms with Crippen molar-refractivity contribution >= 4 is 0 Å². The summed E-state index contributed by atoms with van der Waals surface area (Å²) in [6, 6.07) is 4.11. The van der Waals surface area contributed by atoms with Crippen LogP contribution in [-0.4, -0.2) is 20.9 Å². The van der Waals surface area contributed by atoms with Gasteiger partial charge in [0.05, 0.1) is 12.6 Å². The van der Waals surface area contributed by atoms with Gasteiger partial charge in [0.25, 0.3) is 0 Å². The molecule has 2 aromatic rings. The highest BCUT2D eigenvalue weighted by Gasteiger charge is 2.57. The number of aromatic nitrogens is 3. The lowest BCUT2D eigenvalue weighted by atomic mass is 9.95. The molecule has 1 aromatic carbocycles. The fourth-order valence-corrected chi connectivity index (χ4v) is 2.20. The molecule has 0 N–H and O–H groups in total. The van der Waals surface area contributed by atoms with Crippen LogP contribution in [0.1, 0.15) is 12.5 Å². The second-order valence-corrected chi connectivity index (χ2v) is 4.34. The van der Waals surface area contributed by atoms with Crippen molar-refractivity contribution in [2.45, 2.75) is 25.2 Å². The van der Waals surface area contributed by atoms with Gasteiger partial charge < -0.3 is 4.74 Å². The molecule has 4 nitrogen and oxygen atoms in total. The van der Waals surface area contributed by atoms with Gasteiger partial charge in [0.15, 0.2) is 11.6 Å². The first-order valence-electron chi connectivity index (χ1n) is 5.58. The molecule has 0 bridgehead atoms. The highest BCUT2D eigenvalue weighted by molar-refractivity contribution is 5.31. The standard InChI is InChI=1S/C12H11F2N3O/c1-8-12(18-8,5-17-7-15-6-16-17)9-3-2-4-10(13)11(9)14/h2-4,6-8H,5H2,1H3/t8-,12+/m0/s1. The van der Waals surface area contributed by atoms with Gasteiger partial charge in [0.1, 0.15) is 18.3 Å². The normalized spacial score (nSPS) is 26.3. The van der Waals surface area contributed by atoms with Gasteiger partial charge in [-0.1, -0.05) is 12.1 Å². The second kappa shape index (κ2) is 3.84. The van der Waals surface area contributed by atoms with Crippen LogP contribution in [0.5, 0.6) is 0 Å². The zero-order valence-electron chi connectivity index (χ0n) is 9.68. The maximum absolute atomic E-state index is 13.8. The minimum absolute atomic E-state index is 0.182. The second-order valence-electron chi connectivity index (χ2n) is 4.34. The molecule has 1 aromatic heterocycles. The minimum atomic E-state index is -0.867. The summed E-state index contributed by atoms with van der Waals surface area (Å²) < 4.78 is 34.2. The number of epoxide rings is 1. The van der Waals surface area contributed by atoms with Crippen LogP contribution in [0.25, 0.3) is 0 Å². The van der Waals surface area contributed by atoms with Crippen molar-refractivity contribution in [2.75, 3.05) is 0 Å². The lowest BCUT2D eigenvalue weighted by Gasteiger charge is -2.14. The Morgan fingerprint density at radius 2 is 2.22 bits per heavy atom. The predicted molar refractivity (Wildman–Crippen MR) is 58.6 cm³/mol. The Morgan fingerprint density at radius 3 is 2.83 bits per heavy atom. The van der Waals surface area contributed by atoms with Gasteiger partial charge in [-0.3, -0.25) is 0 Å². The van der Waals surface area contributed by atoms with Crippen LogP contribution in [0.15, 0.2) is 30.9 Å². The van der Waals surface area contributed by atoms with Gasteiger partial charge >= 0.3 is 0 Å². The van der Waals surface area contributed by atoms with E-state index in [4.69, 9.17) is 4.74 Å². The fourth-order valence-electron chi connectivity index (χ4n) is 2.20. The summed E-state index contributed by atoms with van der Waals surface area (Å²) in [7, 11) is 0. The largest absolute Gasteiger partial charge is 0.359 e. The molecule has 1 saturated heterocycles. The molecule has 0 saturated carbocycles. The third-order valence-corrected chi connectivity index (χ3v) is 3.26. The number of rotatable bonds is 3. The smallest absolute Gasteiger partial charge is 0.165 e. The summed E-state index contributed by atoms with van der Waals surface area (Å²) in [5, 5.41) is 3.96. The van der Waals surface area contributed by atoms with E-state index < -0.39 is 17.2 Å². The van der Waals surface area contributed by atoms with E-state index in [-0.39, 0.29) is 11.7 Å². The molecule has 0 spiro atoms. The maximum atomic E-state index is 13.8. The van der Waals surface area contributed by atoms with Crippen molar-refractivity contribution in [2.24, 2.45) is 0 Å². The fraction of sp³-hybridized carbons (Fsp3) is 0.333. The average Bonchev–Trinajstić information content (AvgIpc) is 2.77. The molecule has 94 valence electrons. The van der Waals surface area contributed by atoms with E-state index in [1.54, 1.807) is 10.7 Å². The molecular weight excluding hydrogens is 240 g/mol. The van der Waals surface area contributed by atoms with Crippen LogP contribution in [0.4, 0.5) is 8.78 Å². The number of hydrogen-bond donors (Lipinski definition) is 0. The van der Waals surface area contributed by atoms with Gasteiger partial charge in [-0.05, 0) is 13.0 Å². The molecule has 0 unspecified atom stereocenters. The van der Waals surface area contributed by atoms with E-state index >= 15 is 0 Å². The monoisotopic (exact) mass is 251 g/mol. The number of hydrogen-bond acceptors (Lipinski definition) is 3. The zero-order valence-corrected chi connectivity index (χ0v) is 9.68. The Bertz CT molecular complexity index is 573. The van der Waals surface area contributed by atoms with Crippen LogP contribution >= 0.6 is 0 Å². The van der Waals surface area contributed by atoms with Gasteiger partial charge in [-0.15, -0.1) is 0 Å². The molecule has 2 atom stereocenters. The highest BCUT2D eigenvalue weighted by atomic mass is 19.2. The van der Waals surface area contributed by atoms with Crippen LogP contribution < -0.4 is 0 Å². The third kappa shape index (κ3) is 1.60. The van der Waals surface area contributed by atoms with E-state index in [0.717, 1.165) is 6.07 Å². The molecule has 1 aliphatic rings. The summed E-state index contributed by atoms with van der Waals surface area (Å²) >= 11 is 0. The lowest BCUT2D eigenvalue weighted by molar-refractivity contribution is 0.255. The van der Waals surface area contributed by atoms with Crippen molar-refractivity contribution in [3.05, 3.63) is 48.1 Å². The molecule has 18 heavy (non-hydrogen) atoms. The summed E-state index contributed by atoms with van der Waals surface area (Å²) in [5.41, 5.74) is -0.620. The van der Waals surface area contributed by atoms with Gasteiger partial charge in [0, 0.05) is 5.56 Å². The Balaban J connectivity index is 2.00. The van der Waals surface area contributed by atoms with E-state index in [2.05, 4.69) is 10.1 Å². The first kappa shape index (κ1) is 11.3. The van der Waals surface area contributed by atoms with Gasteiger partial charge in [0.2, 0.25) is 0 Å². The van der Waals surface area contributed by atoms with Crippen molar-refractivity contribution in [1.82, 2.24) is 14.8 Å². The highest BCUT2D eigenvalue weighted by Crippen LogP contribution is 2.48. The van der Waals surface area contributed by atoms with Crippen LogP contribution in [0.3, 0.4) is 0 Å². The van der Waals surface area contributed by atoms with E-state index in [1.165, 1.54) is 18.7 Å².